The highest BCUT2D eigenvalue weighted by atomic mass is 79.9. The molecule has 1 aromatic rings. The number of pyridine rings is 1. The van der Waals surface area contributed by atoms with Gasteiger partial charge in [0.05, 0.1) is 6.54 Å². The van der Waals surface area contributed by atoms with Crippen LogP contribution in [0, 0.1) is 5.41 Å². The molecule has 3 rings (SSSR count). The maximum absolute atomic E-state index is 12.6. The van der Waals surface area contributed by atoms with Crippen LogP contribution in [0.25, 0.3) is 0 Å². The zero-order valence-corrected chi connectivity index (χ0v) is 14.6. The number of ether oxygens (including phenoxy) is 1. The Kier molecular flexibility index (Phi) is 3.64. The van der Waals surface area contributed by atoms with Gasteiger partial charge in [-0.15, -0.1) is 0 Å². The summed E-state index contributed by atoms with van der Waals surface area (Å²) in [4.78, 5) is 29.4. The number of carboxylic acid groups (broad SMARTS) is 1. The number of fused-ring (bicyclic) bond motifs is 1. The van der Waals surface area contributed by atoms with Crippen LogP contribution in [0.4, 0.5) is 10.6 Å². The number of halogens is 1. The van der Waals surface area contributed by atoms with E-state index in [0.717, 1.165) is 4.90 Å². The predicted molar refractivity (Wildman–Crippen MR) is 86.1 cm³/mol. The molecule has 1 aromatic heterocycles. The second-order valence-corrected chi connectivity index (χ2v) is 7.68. The lowest BCUT2D eigenvalue weighted by Crippen LogP contribution is -2.47. The number of aromatic nitrogens is 1. The minimum atomic E-state index is -1.12. The van der Waals surface area contributed by atoms with Crippen LogP contribution < -0.4 is 5.32 Å². The summed E-state index contributed by atoms with van der Waals surface area (Å²) in [6.45, 7) is 6.16. The fraction of sp³-hybridized carbons (Fsp3) is 0.533. The van der Waals surface area contributed by atoms with E-state index in [9.17, 15) is 14.7 Å². The number of amides is 2. The molecule has 0 aliphatic carbocycles. The number of anilines is 1. The Balaban J connectivity index is 1.83. The fourth-order valence-electron chi connectivity index (χ4n) is 3.14. The van der Waals surface area contributed by atoms with Crippen LogP contribution in [0.3, 0.4) is 0 Å². The fourth-order valence-corrected chi connectivity index (χ4v) is 3.48. The Hall–Kier alpha value is -1.67. The summed E-state index contributed by atoms with van der Waals surface area (Å²) in [5, 5.41) is 12.1. The van der Waals surface area contributed by atoms with Crippen LogP contribution in [0.5, 0.6) is 0 Å². The van der Waals surface area contributed by atoms with Crippen molar-refractivity contribution >= 4 is 33.7 Å². The van der Waals surface area contributed by atoms with Crippen LogP contribution in [-0.2, 0) is 9.53 Å². The molecule has 0 spiro atoms. The quantitative estimate of drug-likeness (QED) is 0.603. The number of morpholine rings is 1. The summed E-state index contributed by atoms with van der Waals surface area (Å²) >= 11 is 3.23. The van der Waals surface area contributed by atoms with Gasteiger partial charge in [0.2, 0.25) is 0 Å². The van der Waals surface area contributed by atoms with E-state index in [1.807, 2.05) is 20.8 Å². The third-order valence-electron chi connectivity index (χ3n) is 4.52. The zero-order chi connectivity index (χ0) is 17.0. The molecule has 2 saturated heterocycles. The van der Waals surface area contributed by atoms with Gasteiger partial charge in [-0.25, -0.2) is 9.78 Å². The van der Waals surface area contributed by atoms with Gasteiger partial charge in [0.1, 0.15) is 28.2 Å². The van der Waals surface area contributed by atoms with Crippen molar-refractivity contribution in [3.05, 3.63) is 22.8 Å². The van der Waals surface area contributed by atoms with Gasteiger partial charge in [0.15, 0.2) is 0 Å². The molecule has 2 aliphatic heterocycles. The zero-order valence-electron chi connectivity index (χ0n) is 13.0. The molecule has 2 N–H and O–H groups in total. The Labute approximate surface area is 142 Å². The first-order valence-electron chi connectivity index (χ1n) is 7.26. The minimum absolute atomic E-state index is 0.195. The van der Waals surface area contributed by atoms with Crippen molar-refractivity contribution in [2.45, 2.75) is 38.5 Å². The third-order valence-corrected chi connectivity index (χ3v) is 4.96. The van der Waals surface area contributed by atoms with Gasteiger partial charge in [-0.05, 0) is 33.5 Å². The molecule has 3 atom stereocenters. The molecular formula is C15H18BrN3O4. The van der Waals surface area contributed by atoms with E-state index >= 15 is 0 Å². The summed E-state index contributed by atoms with van der Waals surface area (Å²) in [6, 6.07) is 4.26. The van der Waals surface area contributed by atoms with Crippen molar-refractivity contribution in [2.75, 3.05) is 11.9 Å². The number of nitrogens with zero attached hydrogens (tertiary/aromatic N) is 2. The maximum atomic E-state index is 12.6. The molecule has 2 fully saturated rings. The number of nitrogens with one attached hydrogen (secondary N) is 1. The van der Waals surface area contributed by atoms with Crippen molar-refractivity contribution < 1.29 is 19.4 Å². The number of carbonyl (C=O) groups excluding carboxylic acids is 1. The number of likely N-dealkylation sites (tertiary alicyclic amines) is 1. The lowest BCUT2D eigenvalue weighted by Gasteiger charge is -2.28. The van der Waals surface area contributed by atoms with Gasteiger partial charge in [-0.1, -0.05) is 26.8 Å². The smallest absolute Gasteiger partial charge is 0.408 e. The van der Waals surface area contributed by atoms with E-state index in [1.165, 1.54) is 0 Å². The Morgan fingerprint density at radius 1 is 1.48 bits per heavy atom. The number of rotatable bonds is 2. The Bertz CT molecular complexity index is 675. The highest BCUT2D eigenvalue weighted by Crippen LogP contribution is 2.57. The maximum Gasteiger partial charge on any atom is 0.408 e. The van der Waals surface area contributed by atoms with Crippen LogP contribution in [0.15, 0.2) is 22.8 Å². The van der Waals surface area contributed by atoms with E-state index in [-0.39, 0.29) is 12.0 Å². The average Bonchev–Trinajstić information content (AvgIpc) is 3.05. The van der Waals surface area contributed by atoms with E-state index in [2.05, 4.69) is 26.2 Å². The molecule has 2 aliphatic rings. The second-order valence-electron chi connectivity index (χ2n) is 6.87. The predicted octanol–water partition coefficient (Wildman–Crippen LogP) is 2.33. The first-order valence-corrected chi connectivity index (χ1v) is 8.06. The van der Waals surface area contributed by atoms with E-state index in [4.69, 9.17) is 4.74 Å². The number of epoxide rings is 1. The Morgan fingerprint density at radius 3 is 2.74 bits per heavy atom. The van der Waals surface area contributed by atoms with Crippen molar-refractivity contribution in [3.63, 3.8) is 0 Å². The average molecular weight is 384 g/mol. The molecule has 7 nitrogen and oxygen atoms in total. The second kappa shape index (κ2) is 5.17. The summed E-state index contributed by atoms with van der Waals surface area (Å²) in [5.74, 6) is -0.0600. The standard InChI is InChI=1S/C15H18BrN3O4/c1-14(2,3)15-7-19(13(21)22)10(11(15)23-15)12(20)18-9-6-4-5-8(16)17-9/h4-6,10-11H,7H2,1-3H3,(H,21,22)(H,17,18,20)/t10-,11-,15?/m0/s1. The van der Waals surface area contributed by atoms with Gasteiger partial charge < -0.3 is 15.2 Å². The molecule has 0 radical (unpaired) electrons. The molecule has 3 heterocycles. The first kappa shape index (κ1) is 16.2. The van der Waals surface area contributed by atoms with Gasteiger partial charge in [0.25, 0.3) is 5.91 Å². The topological polar surface area (TPSA) is 95.1 Å². The Morgan fingerprint density at radius 2 is 2.17 bits per heavy atom. The largest absolute Gasteiger partial charge is 0.465 e. The molecule has 23 heavy (non-hydrogen) atoms. The number of hydrogen-bond donors (Lipinski definition) is 2. The molecule has 0 saturated carbocycles. The van der Waals surface area contributed by atoms with Gasteiger partial charge >= 0.3 is 6.09 Å². The van der Waals surface area contributed by atoms with Gasteiger partial charge in [-0.2, -0.15) is 0 Å². The highest BCUT2D eigenvalue weighted by Gasteiger charge is 2.74. The van der Waals surface area contributed by atoms with E-state index < -0.39 is 29.7 Å². The first-order chi connectivity index (χ1) is 10.7. The molecule has 8 heteroatoms. The number of carbonyl (C=O) groups is 2. The molecule has 1 unspecified atom stereocenters. The minimum Gasteiger partial charge on any atom is -0.465 e. The monoisotopic (exact) mass is 383 g/mol. The summed E-state index contributed by atoms with van der Waals surface area (Å²) in [5.41, 5.74) is -0.855. The lowest BCUT2D eigenvalue weighted by atomic mass is 9.78. The summed E-state index contributed by atoms with van der Waals surface area (Å²) in [6.07, 6.45) is -1.54. The molecular weight excluding hydrogens is 366 g/mol. The van der Waals surface area contributed by atoms with Crippen molar-refractivity contribution in [1.29, 1.82) is 0 Å². The lowest BCUT2D eigenvalue weighted by molar-refractivity contribution is -0.121. The van der Waals surface area contributed by atoms with Gasteiger partial charge in [0, 0.05) is 0 Å². The molecule has 0 bridgehead atoms. The molecule has 2 amide bonds. The van der Waals surface area contributed by atoms with E-state index in [1.54, 1.807) is 18.2 Å². The van der Waals surface area contributed by atoms with Crippen LogP contribution in [0.2, 0.25) is 0 Å². The van der Waals surface area contributed by atoms with Crippen molar-refractivity contribution in [3.8, 4) is 0 Å². The van der Waals surface area contributed by atoms with E-state index in [0.29, 0.717) is 10.4 Å². The third kappa shape index (κ3) is 2.59. The van der Waals surface area contributed by atoms with Gasteiger partial charge in [-0.3, -0.25) is 9.69 Å². The summed E-state index contributed by atoms with van der Waals surface area (Å²) in [7, 11) is 0. The summed E-state index contributed by atoms with van der Waals surface area (Å²) < 4.78 is 6.37. The highest BCUT2D eigenvalue weighted by molar-refractivity contribution is 9.10. The van der Waals surface area contributed by atoms with Crippen LogP contribution >= 0.6 is 15.9 Å². The molecule has 0 aromatic carbocycles. The van der Waals surface area contributed by atoms with Crippen LogP contribution in [0.1, 0.15) is 20.8 Å². The van der Waals surface area contributed by atoms with Crippen molar-refractivity contribution in [1.82, 2.24) is 9.88 Å². The number of hydrogen-bond acceptors (Lipinski definition) is 4. The van der Waals surface area contributed by atoms with Crippen molar-refractivity contribution in [2.24, 2.45) is 5.41 Å². The normalized spacial score (nSPS) is 29.1. The SMILES string of the molecule is CC(C)(C)C12CN(C(=O)O)[C@H](C(=O)Nc3cccc(Br)n3)[C@@H]1O2. The molecule has 124 valence electrons. The van der Waals surface area contributed by atoms with Crippen LogP contribution in [-0.4, -0.2) is 51.3 Å².